The molecule has 0 spiro atoms. The van der Waals surface area contributed by atoms with Crippen LogP contribution in [0.2, 0.25) is 0 Å². The highest BCUT2D eigenvalue weighted by molar-refractivity contribution is 5.83. The minimum absolute atomic E-state index is 0.213. The third kappa shape index (κ3) is 3.44. The van der Waals surface area contributed by atoms with Gasteiger partial charge in [0.1, 0.15) is 5.78 Å². The van der Waals surface area contributed by atoms with Gasteiger partial charge >= 0.3 is 0 Å². The largest absolute Gasteiger partial charge is 0.328 e. The van der Waals surface area contributed by atoms with Gasteiger partial charge in [0.2, 0.25) is 0 Å². The Bertz CT molecular complexity index is 431. The molecule has 1 aromatic rings. The van der Waals surface area contributed by atoms with Gasteiger partial charge in [-0.25, -0.2) is 0 Å². The molecule has 2 rings (SSSR count). The first-order valence-corrected chi connectivity index (χ1v) is 7.47. The summed E-state index contributed by atoms with van der Waals surface area (Å²) in [7, 11) is 0. The van der Waals surface area contributed by atoms with Crippen molar-refractivity contribution in [3.05, 3.63) is 17.5 Å². The molecule has 0 atom stereocenters. The smallest absolute Gasteiger partial charge is 0.141 e. The molecule has 0 aromatic carbocycles. The number of ketones is 1. The predicted molar refractivity (Wildman–Crippen MR) is 75.9 cm³/mol. The molecule has 1 heterocycles. The Labute approximate surface area is 115 Å². The number of nitrogens with two attached hydrogens (primary N) is 1. The third-order valence-corrected chi connectivity index (χ3v) is 4.16. The molecule has 0 saturated heterocycles. The van der Waals surface area contributed by atoms with Crippen molar-refractivity contribution in [3.8, 4) is 0 Å². The second-order valence-electron chi connectivity index (χ2n) is 5.55. The third-order valence-electron chi connectivity index (χ3n) is 4.16. The first-order valence-electron chi connectivity index (χ1n) is 7.47. The summed E-state index contributed by atoms with van der Waals surface area (Å²) < 4.78 is 1.96. The SMILES string of the molecule is CCc1cc(CC(=O)C2CCC(N)CC2)n(CC)n1. The van der Waals surface area contributed by atoms with Crippen molar-refractivity contribution in [2.24, 2.45) is 11.7 Å². The zero-order valence-electron chi connectivity index (χ0n) is 12.1. The quantitative estimate of drug-likeness (QED) is 0.885. The van der Waals surface area contributed by atoms with Crippen molar-refractivity contribution < 1.29 is 4.79 Å². The number of Topliss-reactive ketones (excluding diaryl/α,β-unsaturated/α-hetero) is 1. The predicted octanol–water partition coefficient (Wildman–Crippen LogP) is 2.09. The lowest BCUT2D eigenvalue weighted by Crippen LogP contribution is -2.30. The van der Waals surface area contributed by atoms with Gasteiger partial charge in [-0.15, -0.1) is 0 Å². The van der Waals surface area contributed by atoms with Gasteiger partial charge in [0, 0.05) is 30.6 Å². The van der Waals surface area contributed by atoms with Crippen molar-refractivity contribution in [1.29, 1.82) is 0 Å². The fourth-order valence-corrected chi connectivity index (χ4v) is 2.87. The van der Waals surface area contributed by atoms with Crippen LogP contribution in [0.5, 0.6) is 0 Å². The molecule has 0 amide bonds. The van der Waals surface area contributed by atoms with Crippen molar-refractivity contribution >= 4 is 5.78 Å². The summed E-state index contributed by atoms with van der Waals surface area (Å²) in [5.41, 5.74) is 8.04. The van der Waals surface area contributed by atoms with Crippen molar-refractivity contribution in [2.75, 3.05) is 0 Å². The number of hydrogen-bond acceptors (Lipinski definition) is 3. The zero-order valence-corrected chi connectivity index (χ0v) is 12.1. The molecular weight excluding hydrogens is 238 g/mol. The monoisotopic (exact) mass is 263 g/mol. The van der Waals surface area contributed by atoms with E-state index >= 15 is 0 Å². The molecule has 4 heteroatoms. The molecule has 19 heavy (non-hydrogen) atoms. The van der Waals surface area contributed by atoms with E-state index in [0.717, 1.165) is 50.0 Å². The van der Waals surface area contributed by atoms with E-state index in [1.165, 1.54) is 0 Å². The molecule has 0 bridgehead atoms. The summed E-state index contributed by atoms with van der Waals surface area (Å²) >= 11 is 0. The Morgan fingerprint density at radius 3 is 2.63 bits per heavy atom. The molecule has 1 aliphatic carbocycles. The summed E-state index contributed by atoms with van der Waals surface area (Å²) in [5.74, 6) is 0.578. The van der Waals surface area contributed by atoms with Crippen LogP contribution >= 0.6 is 0 Å². The topological polar surface area (TPSA) is 60.9 Å². The lowest BCUT2D eigenvalue weighted by Gasteiger charge is -2.24. The second-order valence-corrected chi connectivity index (χ2v) is 5.55. The summed E-state index contributed by atoms with van der Waals surface area (Å²) in [6.07, 6.45) is 5.35. The molecule has 1 aromatic heterocycles. The van der Waals surface area contributed by atoms with E-state index in [1.807, 2.05) is 4.68 Å². The Kier molecular flexibility index (Phi) is 4.75. The summed E-state index contributed by atoms with van der Waals surface area (Å²) in [6.45, 7) is 4.99. The highest BCUT2D eigenvalue weighted by Gasteiger charge is 2.25. The molecule has 4 nitrogen and oxygen atoms in total. The molecule has 1 saturated carbocycles. The highest BCUT2D eigenvalue weighted by Crippen LogP contribution is 2.25. The van der Waals surface area contributed by atoms with E-state index in [0.29, 0.717) is 18.2 Å². The van der Waals surface area contributed by atoms with Crippen LogP contribution in [0.1, 0.15) is 50.9 Å². The summed E-state index contributed by atoms with van der Waals surface area (Å²) in [4.78, 5) is 12.4. The average Bonchev–Trinajstić information content (AvgIpc) is 2.81. The molecule has 0 unspecified atom stereocenters. The van der Waals surface area contributed by atoms with Crippen molar-refractivity contribution in [3.63, 3.8) is 0 Å². The van der Waals surface area contributed by atoms with Gasteiger partial charge in [0.25, 0.3) is 0 Å². The van der Waals surface area contributed by atoms with Gasteiger partial charge in [-0.05, 0) is 45.1 Å². The van der Waals surface area contributed by atoms with Crippen LogP contribution in [0.3, 0.4) is 0 Å². The van der Waals surface area contributed by atoms with E-state index in [9.17, 15) is 4.79 Å². The number of nitrogens with zero attached hydrogens (tertiary/aromatic N) is 2. The van der Waals surface area contributed by atoms with Crippen LogP contribution in [-0.4, -0.2) is 21.6 Å². The lowest BCUT2D eigenvalue weighted by atomic mass is 9.82. The van der Waals surface area contributed by atoms with Crippen LogP contribution in [0.4, 0.5) is 0 Å². The van der Waals surface area contributed by atoms with Gasteiger partial charge in [-0.2, -0.15) is 5.10 Å². The van der Waals surface area contributed by atoms with Gasteiger partial charge in [-0.3, -0.25) is 9.48 Å². The normalized spacial score (nSPS) is 23.5. The Morgan fingerprint density at radius 1 is 1.37 bits per heavy atom. The van der Waals surface area contributed by atoms with Gasteiger partial charge < -0.3 is 5.73 Å². The highest BCUT2D eigenvalue weighted by atomic mass is 16.1. The van der Waals surface area contributed by atoms with Gasteiger partial charge in [0.05, 0.1) is 5.69 Å². The number of carbonyl (C=O) groups is 1. The maximum Gasteiger partial charge on any atom is 0.141 e. The number of hydrogen-bond donors (Lipinski definition) is 1. The standard InChI is InChI=1S/C15H25N3O/c1-3-13-9-14(18(4-2)17-13)10-15(19)11-5-7-12(16)8-6-11/h9,11-12H,3-8,10,16H2,1-2H3. The average molecular weight is 263 g/mol. The van der Waals surface area contributed by atoms with Crippen LogP contribution in [0.15, 0.2) is 6.07 Å². The lowest BCUT2D eigenvalue weighted by molar-refractivity contribution is -0.123. The zero-order chi connectivity index (χ0) is 13.8. The van der Waals surface area contributed by atoms with Crippen LogP contribution in [0.25, 0.3) is 0 Å². The van der Waals surface area contributed by atoms with Gasteiger partial charge in [-0.1, -0.05) is 6.92 Å². The molecule has 1 fully saturated rings. The Morgan fingerprint density at radius 2 is 2.05 bits per heavy atom. The van der Waals surface area contributed by atoms with Crippen LogP contribution in [0, 0.1) is 5.92 Å². The van der Waals surface area contributed by atoms with E-state index < -0.39 is 0 Å². The number of carbonyl (C=O) groups excluding carboxylic acids is 1. The van der Waals surface area contributed by atoms with Crippen molar-refractivity contribution in [1.82, 2.24) is 9.78 Å². The maximum absolute atomic E-state index is 12.4. The fraction of sp³-hybridized carbons (Fsp3) is 0.733. The van der Waals surface area contributed by atoms with Crippen molar-refractivity contribution in [2.45, 2.75) is 65.0 Å². The van der Waals surface area contributed by atoms with Crippen LogP contribution in [-0.2, 0) is 24.2 Å². The molecule has 1 aliphatic rings. The first-order chi connectivity index (χ1) is 9.13. The summed E-state index contributed by atoms with van der Waals surface area (Å²) in [5, 5.41) is 4.50. The first kappa shape index (κ1) is 14.3. The maximum atomic E-state index is 12.4. The number of aryl methyl sites for hydroxylation is 2. The Hall–Kier alpha value is -1.16. The number of rotatable bonds is 5. The minimum atomic E-state index is 0.213. The molecular formula is C15H25N3O. The number of aromatic nitrogens is 2. The minimum Gasteiger partial charge on any atom is -0.328 e. The van der Waals surface area contributed by atoms with Gasteiger partial charge in [0.15, 0.2) is 0 Å². The fourth-order valence-electron chi connectivity index (χ4n) is 2.87. The van der Waals surface area contributed by atoms with E-state index in [-0.39, 0.29) is 5.92 Å². The van der Waals surface area contributed by atoms with E-state index in [4.69, 9.17) is 5.73 Å². The molecule has 2 N–H and O–H groups in total. The Balaban J connectivity index is 2.00. The molecule has 106 valence electrons. The second kappa shape index (κ2) is 6.33. The summed E-state index contributed by atoms with van der Waals surface area (Å²) in [6, 6.07) is 2.38. The van der Waals surface area contributed by atoms with Crippen LogP contribution < -0.4 is 5.73 Å². The van der Waals surface area contributed by atoms with E-state index in [2.05, 4.69) is 25.0 Å². The van der Waals surface area contributed by atoms with E-state index in [1.54, 1.807) is 0 Å². The molecule has 0 aliphatic heterocycles. The molecule has 0 radical (unpaired) electrons.